The maximum Gasteiger partial charge on any atom is 0.260 e. The summed E-state index contributed by atoms with van der Waals surface area (Å²) in [5.74, 6) is 1.26. The molecule has 9 heteroatoms. The fourth-order valence-electron chi connectivity index (χ4n) is 2.01. The van der Waals surface area contributed by atoms with E-state index in [1.54, 1.807) is 37.6 Å². The molecule has 1 N–H and O–H groups in total. The second-order valence-electron chi connectivity index (χ2n) is 4.55. The molecule has 0 aliphatic heterocycles. The lowest BCUT2D eigenvalue weighted by Crippen LogP contribution is -2.27. The minimum absolute atomic E-state index is 0.0443. The predicted molar refractivity (Wildman–Crippen MR) is 80.3 cm³/mol. The van der Waals surface area contributed by atoms with Crippen LogP contribution < -0.4 is 4.72 Å². The first-order valence-electron chi connectivity index (χ1n) is 6.08. The number of sulfonamides is 1. The number of nitrogens with zero attached hydrogens (tertiary/aromatic N) is 2. The Kier molecular flexibility index (Phi) is 3.56. The van der Waals surface area contributed by atoms with E-state index in [-0.39, 0.29) is 10.2 Å². The summed E-state index contributed by atoms with van der Waals surface area (Å²) in [6.07, 6.45) is 1.62. The molecule has 0 fully saturated rings. The summed E-state index contributed by atoms with van der Waals surface area (Å²) in [5.41, 5.74) is 0. The number of rotatable bonds is 4. The van der Waals surface area contributed by atoms with Crippen molar-refractivity contribution in [1.82, 2.24) is 14.1 Å². The van der Waals surface area contributed by atoms with Crippen LogP contribution in [0.2, 0.25) is 5.15 Å². The standard InChI is InChI=1S/C12H12ClN3O3S2/c1-7-3-4-9(19-7)8(2)15-21(17,18)11-10(13)14-12-16(11)5-6-20-12/h3-6,8,15H,1-2H3. The van der Waals surface area contributed by atoms with Crippen LogP contribution in [0, 0.1) is 6.92 Å². The molecule has 1 atom stereocenters. The highest BCUT2D eigenvalue weighted by Crippen LogP contribution is 2.27. The van der Waals surface area contributed by atoms with E-state index >= 15 is 0 Å². The molecule has 3 aromatic heterocycles. The molecular formula is C12H12ClN3O3S2. The van der Waals surface area contributed by atoms with Crippen LogP contribution in [0.25, 0.3) is 4.96 Å². The number of aromatic nitrogens is 2. The highest BCUT2D eigenvalue weighted by Gasteiger charge is 2.27. The first-order chi connectivity index (χ1) is 9.88. The van der Waals surface area contributed by atoms with Crippen molar-refractivity contribution in [3.63, 3.8) is 0 Å². The Balaban J connectivity index is 1.97. The fraction of sp³-hybridized carbons (Fsp3) is 0.250. The molecule has 0 aliphatic carbocycles. The Bertz CT molecular complexity index is 894. The molecule has 0 aliphatic rings. The SMILES string of the molecule is Cc1ccc(C(C)NS(=O)(=O)c2c(Cl)nc3sccn23)o1. The first-order valence-corrected chi connectivity index (χ1v) is 8.82. The zero-order valence-electron chi connectivity index (χ0n) is 11.2. The smallest absolute Gasteiger partial charge is 0.260 e. The quantitative estimate of drug-likeness (QED) is 0.788. The average molecular weight is 346 g/mol. The molecule has 21 heavy (non-hydrogen) atoms. The molecule has 0 amide bonds. The highest BCUT2D eigenvalue weighted by molar-refractivity contribution is 7.89. The Morgan fingerprint density at radius 3 is 2.90 bits per heavy atom. The number of imidazole rings is 1. The highest BCUT2D eigenvalue weighted by atomic mass is 35.5. The van der Waals surface area contributed by atoms with Gasteiger partial charge in [-0.05, 0) is 26.0 Å². The van der Waals surface area contributed by atoms with Crippen molar-refractivity contribution in [3.05, 3.63) is 40.4 Å². The van der Waals surface area contributed by atoms with Crippen molar-refractivity contribution in [2.24, 2.45) is 0 Å². The van der Waals surface area contributed by atoms with Crippen molar-refractivity contribution in [2.45, 2.75) is 24.9 Å². The Morgan fingerprint density at radius 1 is 1.48 bits per heavy atom. The number of thiazole rings is 1. The number of furan rings is 1. The molecule has 3 aromatic rings. The van der Waals surface area contributed by atoms with E-state index in [2.05, 4.69) is 9.71 Å². The third-order valence-corrected chi connectivity index (χ3v) is 5.65. The van der Waals surface area contributed by atoms with E-state index in [4.69, 9.17) is 16.0 Å². The maximum absolute atomic E-state index is 12.5. The van der Waals surface area contributed by atoms with Crippen molar-refractivity contribution in [3.8, 4) is 0 Å². The number of nitrogens with one attached hydrogen (secondary N) is 1. The molecule has 6 nitrogen and oxygen atoms in total. The van der Waals surface area contributed by atoms with Gasteiger partial charge in [-0.25, -0.2) is 13.4 Å². The normalized spacial score (nSPS) is 13.9. The van der Waals surface area contributed by atoms with Crippen LogP contribution in [0.3, 0.4) is 0 Å². The molecule has 112 valence electrons. The fourth-order valence-corrected chi connectivity index (χ4v) is 4.68. The molecular weight excluding hydrogens is 334 g/mol. The van der Waals surface area contributed by atoms with Crippen LogP contribution in [0.1, 0.15) is 24.5 Å². The number of hydrogen-bond donors (Lipinski definition) is 1. The summed E-state index contributed by atoms with van der Waals surface area (Å²) >= 11 is 7.27. The number of hydrogen-bond acceptors (Lipinski definition) is 5. The lowest BCUT2D eigenvalue weighted by atomic mass is 10.3. The summed E-state index contributed by atoms with van der Waals surface area (Å²) in [6.45, 7) is 3.50. The van der Waals surface area contributed by atoms with E-state index in [9.17, 15) is 8.42 Å². The zero-order valence-corrected chi connectivity index (χ0v) is 13.6. The molecule has 0 saturated carbocycles. The molecule has 0 bridgehead atoms. The van der Waals surface area contributed by atoms with E-state index in [1.807, 2.05) is 0 Å². The van der Waals surface area contributed by atoms with Gasteiger partial charge in [-0.15, -0.1) is 11.3 Å². The minimum Gasteiger partial charge on any atom is -0.465 e. The lowest BCUT2D eigenvalue weighted by molar-refractivity contribution is 0.440. The monoisotopic (exact) mass is 345 g/mol. The molecule has 0 aromatic carbocycles. The van der Waals surface area contributed by atoms with Gasteiger partial charge < -0.3 is 4.42 Å². The van der Waals surface area contributed by atoms with Crippen molar-refractivity contribution in [1.29, 1.82) is 0 Å². The molecule has 1 unspecified atom stereocenters. The Hall–Kier alpha value is -1.35. The van der Waals surface area contributed by atoms with E-state index in [1.165, 1.54) is 15.7 Å². The number of aryl methyl sites for hydroxylation is 1. The predicted octanol–water partition coefficient (Wildman–Crippen LogP) is 2.99. The van der Waals surface area contributed by atoms with Gasteiger partial charge in [0, 0.05) is 11.6 Å². The second kappa shape index (κ2) is 5.13. The average Bonchev–Trinajstić information content (AvgIpc) is 3.03. The summed E-state index contributed by atoms with van der Waals surface area (Å²) < 4.78 is 34.5. The van der Waals surface area contributed by atoms with E-state index in [0.29, 0.717) is 10.7 Å². The Labute approximate surface area is 130 Å². The van der Waals surface area contributed by atoms with Crippen LogP contribution in [0.5, 0.6) is 0 Å². The molecule has 3 rings (SSSR count). The van der Waals surface area contributed by atoms with Gasteiger partial charge in [0.25, 0.3) is 10.0 Å². The third kappa shape index (κ3) is 2.59. The van der Waals surface area contributed by atoms with Crippen LogP contribution in [0.4, 0.5) is 0 Å². The van der Waals surface area contributed by atoms with Crippen molar-refractivity contribution in [2.75, 3.05) is 0 Å². The second-order valence-corrected chi connectivity index (χ2v) is 7.42. The maximum atomic E-state index is 12.5. The van der Waals surface area contributed by atoms with E-state index in [0.717, 1.165) is 5.76 Å². The topological polar surface area (TPSA) is 76.6 Å². The van der Waals surface area contributed by atoms with Gasteiger partial charge in [-0.2, -0.15) is 4.72 Å². The van der Waals surface area contributed by atoms with Gasteiger partial charge in [0.15, 0.2) is 15.1 Å². The minimum atomic E-state index is -3.82. The van der Waals surface area contributed by atoms with Gasteiger partial charge in [0.05, 0.1) is 6.04 Å². The summed E-state index contributed by atoms with van der Waals surface area (Å²) in [4.78, 5) is 4.56. The van der Waals surface area contributed by atoms with Crippen LogP contribution >= 0.6 is 22.9 Å². The van der Waals surface area contributed by atoms with Crippen LogP contribution in [0.15, 0.2) is 33.2 Å². The molecule has 3 heterocycles. The Morgan fingerprint density at radius 2 is 2.24 bits per heavy atom. The summed E-state index contributed by atoms with van der Waals surface area (Å²) in [7, 11) is -3.82. The van der Waals surface area contributed by atoms with Crippen molar-refractivity contribution >= 4 is 37.9 Å². The van der Waals surface area contributed by atoms with Gasteiger partial charge in [0.1, 0.15) is 11.5 Å². The zero-order chi connectivity index (χ0) is 15.2. The third-order valence-electron chi connectivity index (χ3n) is 2.95. The van der Waals surface area contributed by atoms with Crippen molar-refractivity contribution < 1.29 is 12.8 Å². The first kappa shape index (κ1) is 14.6. The summed E-state index contributed by atoms with van der Waals surface area (Å²) in [5, 5.41) is 1.64. The van der Waals surface area contributed by atoms with Gasteiger partial charge >= 0.3 is 0 Å². The van der Waals surface area contributed by atoms with Gasteiger partial charge in [-0.3, -0.25) is 4.40 Å². The molecule has 0 saturated heterocycles. The number of halogens is 1. The largest absolute Gasteiger partial charge is 0.465 e. The van der Waals surface area contributed by atoms with Gasteiger partial charge in [0.2, 0.25) is 0 Å². The lowest BCUT2D eigenvalue weighted by Gasteiger charge is -2.11. The molecule has 0 radical (unpaired) electrons. The molecule has 0 spiro atoms. The summed E-state index contributed by atoms with van der Waals surface area (Å²) in [6, 6.07) is 3.01. The van der Waals surface area contributed by atoms with Crippen LogP contribution in [-0.4, -0.2) is 17.8 Å². The van der Waals surface area contributed by atoms with E-state index < -0.39 is 16.1 Å². The van der Waals surface area contributed by atoms with Crippen LogP contribution in [-0.2, 0) is 10.0 Å². The number of fused-ring (bicyclic) bond motifs is 1. The van der Waals surface area contributed by atoms with Gasteiger partial charge in [-0.1, -0.05) is 11.6 Å².